The van der Waals surface area contributed by atoms with Crippen LogP contribution < -0.4 is 5.32 Å². The number of amides is 2. The molecule has 0 bridgehead atoms. The summed E-state index contributed by atoms with van der Waals surface area (Å²) in [6, 6.07) is 9.06. The van der Waals surface area contributed by atoms with Crippen LogP contribution in [-0.4, -0.2) is 49.6 Å². The van der Waals surface area contributed by atoms with Gasteiger partial charge in [0.05, 0.1) is 6.04 Å². The monoisotopic (exact) mass is 405 g/mol. The Labute approximate surface area is 180 Å². The van der Waals surface area contributed by atoms with Gasteiger partial charge in [0, 0.05) is 20.6 Å². The van der Waals surface area contributed by atoms with Crippen molar-refractivity contribution in [3.8, 4) is 0 Å². The lowest BCUT2D eigenvalue weighted by Crippen LogP contribution is -2.50. The fraction of sp³-hybridized carbons (Fsp3) is 0.654. The third kappa shape index (κ3) is 2.72. The van der Waals surface area contributed by atoms with Gasteiger partial charge in [0.25, 0.3) is 0 Å². The lowest BCUT2D eigenvalue weighted by atomic mass is 9.61. The van der Waals surface area contributed by atoms with Crippen molar-refractivity contribution in [1.29, 1.82) is 0 Å². The molecule has 5 aliphatic rings. The Balaban J connectivity index is 1.13. The zero-order valence-electron chi connectivity index (χ0n) is 18.4. The predicted octanol–water partition coefficient (Wildman–Crippen LogP) is 4.34. The van der Waals surface area contributed by atoms with Gasteiger partial charge >= 0.3 is 6.03 Å². The first kappa shape index (κ1) is 18.9. The minimum atomic E-state index is 0.0118. The fourth-order valence-corrected chi connectivity index (χ4v) is 7.51. The molecule has 30 heavy (non-hydrogen) atoms. The molecule has 1 N–H and O–H groups in total. The molecule has 2 amide bonds. The number of nitrogens with one attached hydrogen (secondary N) is 1. The van der Waals surface area contributed by atoms with Crippen molar-refractivity contribution < 1.29 is 4.79 Å². The Morgan fingerprint density at radius 1 is 1.13 bits per heavy atom. The van der Waals surface area contributed by atoms with Crippen LogP contribution in [0.3, 0.4) is 0 Å². The van der Waals surface area contributed by atoms with Gasteiger partial charge in [-0.15, -0.1) is 0 Å². The standard InChI is InChI=1S/C26H35N3O/c1-28(2)24(30)27-23-9-10-25(22-6-4-3-5-20(22)23)11-13-29(14-12-25)17-18-15-26-16-19(26)7-8-21(18)26/h3-8,18-19,21,23H,9-17H2,1-2H3,(H,27,30). The molecule has 4 nitrogen and oxygen atoms in total. The number of carbonyl (C=O) groups is 1. The molecule has 4 heteroatoms. The van der Waals surface area contributed by atoms with E-state index in [4.69, 9.17) is 0 Å². The number of urea groups is 1. The lowest BCUT2D eigenvalue weighted by Gasteiger charge is -2.50. The lowest BCUT2D eigenvalue weighted by molar-refractivity contribution is 0.0335. The second-order valence-electron chi connectivity index (χ2n) is 11.0. The summed E-state index contributed by atoms with van der Waals surface area (Å²) in [6.45, 7) is 3.77. The molecule has 6 rings (SSSR count). The van der Waals surface area contributed by atoms with Crippen LogP contribution in [0, 0.1) is 23.2 Å². The third-order valence-electron chi connectivity index (χ3n) is 9.37. The topological polar surface area (TPSA) is 35.6 Å². The highest BCUT2D eigenvalue weighted by molar-refractivity contribution is 5.74. The zero-order chi connectivity index (χ0) is 20.5. The molecule has 5 atom stereocenters. The summed E-state index contributed by atoms with van der Waals surface area (Å²) in [4.78, 5) is 16.7. The van der Waals surface area contributed by atoms with E-state index in [0.717, 1.165) is 29.6 Å². The van der Waals surface area contributed by atoms with Crippen LogP contribution >= 0.6 is 0 Å². The summed E-state index contributed by atoms with van der Waals surface area (Å²) in [5, 5.41) is 3.25. The average molecular weight is 406 g/mol. The van der Waals surface area contributed by atoms with Crippen LogP contribution in [0.4, 0.5) is 4.79 Å². The quantitative estimate of drug-likeness (QED) is 0.760. The van der Waals surface area contributed by atoms with Crippen molar-refractivity contribution in [2.24, 2.45) is 23.2 Å². The summed E-state index contributed by atoms with van der Waals surface area (Å²) in [5.41, 5.74) is 3.91. The van der Waals surface area contributed by atoms with Gasteiger partial charge < -0.3 is 15.1 Å². The van der Waals surface area contributed by atoms with Crippen molar-refractivity contribution in [2.75, 3.05) is 33.7 Å². The SMILES string of the molecule is CN(C)C(=O)NC1CCC2(CCN(CC3CC45CC4C=CC35)CC2)c2ccccc21. The highest BCUT2D eigenvalue weighted by Gasteiger charge is 2.68. The molecule has 2 saturated carbocycles. The number of nitrogens with zero attached hydrogens (tertiary/aromatic N) is 2. The molecule has 2 spiro atoms. The molecule has 0 aromatic heterocycles. The van der Waals surface area contributed by atoms with E-state index in [1.807, 2.05) is 14.1 Å². The maximum absolute atomic E-state index is 12.3. The Morgan fingerprint density at radius 3 is 2.67 bits per heavy atom. The highest BCUT2D eigenvalue weighted by Crippen LogP contribution is 2.75. The Morgan fingerprint density at radius 2 is 1.93 bits per heavy atom. The summed E-state index contributed by atoms with van der Waals surface area (Å²) in [7, 11) is 3.63. The van der Waals surface area contributed by atoms with E-state index >= 15 is 0 Å². The summed E-state index contributed by atoms with van der Waals surface area (Å²) in [6.07, 6.45) is 12.8. The zero-order valence-corrected chi connectivity index (χ0v) is 18.4. The second-order valence-corrected chi connectivity index (χ2v) is 11.0. The number of hydrogen-bond donors (Lipinski definition) is 1. The first-order chi connectivity index (χ1) is 14.5. The number of carbonyl (C=O) groups excluding carboxylic acids is 1. The Kier molecular flexibility index (Phi) is 4.16. The number of allylic oxidation sites excluding steroid dienone is 2. The maximum atomic E-state index is 12.3. The largest absolute Gasteiger partial charge is 0.331 e. The average Bonchev–Trinajstić information content (AvgIpc) is 3.40. The van der Waals surface area contributed by atoms with Crippen LogP contribution in [0.15, 0.2) is 36.4 Å². The van der Waals surface area contributed by atoms with Crippen LogP contribution in [-0.2, 0) is 5.41 Å². The van der Waals surface area contributed by atoms with Gasteiger partial charge in [-0.25, -0.2) is 4.79 Å². The number of rotatable bonds is 3. The smallest absolute Gasteiger partial charge is 0.317 e. The molecule has 1 aromatic rings. The molecule has 160 valence electrons. The maximum Gasteiger partial charge on any atom is 0.317 e. The van der Waals surface area contributed by atoms with Crippen molar-refractivity contribution in [2.45, 2.75) is 50.0 Å². The van der Waals surface area contributed by atoms with E-state index in [0.29, 0.717) is 5.41 Å². The van der Waals surface area contributed by atoms with Gasteiger partial charge in [0.2, 0.25) is 0 Å². The number of benzene rings is 1. The summed E-state index contributed by atoms with van der Waals surface area (Å²) < 4.78 is 0. The molecule has 3 fully saturated rings. The summed E-state index contributed by atoms with van der Waals surface area (Å²) >= 11 is 0. The number of fused-ring (bicyclic) bond motifs is 2. The van der Waals surface area contributed by atoms with Gasteiger partial charge in [-0.2, -0.15) is 0 Å². The molecule has 4 aliphatic carbocycles. The molecular formula is C26H35N3O. The molecule has 0 radical (unpaired) electrons. The molecule has 1 aliphatic heterocycles. The van der Waals surface area contributed by atoms with E-state index in [2.05, 4.69) is 46.6 Å². The van der Waals surface area contributed by atoms with Crippen LogP contribution in [0.2, 0.25) is 0 Å². The number of hydrogen-bond acceptors (Lipinski definition) is 2. The van der Waals surface area contributed by atoms with Crippen molar-refractivity contribution >= 4 is 6.03 Å². The first-order valence-corrected chi connectivity index (χ1v) is 12.0. The molecular weight excluding hydrogens is 370 g/mol. The van der Waals surface area contributed by atoms with Gasteiger partial charge in [-0.05, 0) is 91.3 Å². The predicted molar refractivity (Wildman–Crippen MR) is 119 cm³/mol. The van der Waals surface area contributed by atoms with Gasteiger partial charge in [0.15, 0.2) is 0 Å². The van der Waals surface area contributed by atoms with Crippen molar-refractivity contribution in [1.82, 2.24) is 15.1 Å². The van der Waals surface area contributed by atoms with Crippen LogP contribution in [0.5, 0.6) is 0 Å². The number of likely N-dealkylation sites (tertiary alicyclic amines) is 1. The van der Waals surface area contributed by atoms with Gasteiger partial charge in [0.1, 0.15) is 0 Å². The van der Waals surface area contributed by atoms with Crippen LogP contribution in [0.25, 0.3) is 0 Å². The van der Waals surface area contributed by atoms with E-state index in [1.54, 1.807) is 4.90 Å². The van der Waals surface area contributed by atoms with Crippen LogP contribution in [0.1, 0.15) is 55.7 Å². The number of piperidine rings is 1. The minimum Gasteiger partial charge on any atom is -0.331 e. The molecule has 1 aromatic carbocycles. The Bertz CT molecular complexity index is 884. The third-order valence-corrected chi connectivity index (χ3v) is 9.37. The first-order valence-electron chi connectivity index (χ1n) is 12.0. The van der Waals surface area contributed by atoms with E-state index < -0.39 is 0 Å². The second kappa shape index (κ2) is 6.59. The van der Waals surface area contributed by atoms with Gasteiger partial charge in [-0.1, -0.05) is 36.4 Å². The summed E-state index contributed by atoms with van der Waals surface area (Å²) in [5.74, 6) is 2.75. The van der Waals surface area contributed by atoms with Crippen molar-refractivity contribution in [3.05, 3.63) is 47.5 Å². The fourth-order valence-electron chi connectivity index (χ4n) is 7.51. The minimum absolute atomic E-state index is 0.0118. The molecule has 1 saturated heterocycles. The molecule has 5 unspecified atom stereocenters. The van der Waals surface area contributed by atoms with E-state index in [9.17, 15) is 4.79 Å². The highest BCUT2D eigenvalue weighted by atomic mass is 16.2. The van der Waals surface area contributed by atoms with E-state index in [-0.39, 0.29) is 12.1 Å². The molecule has 1 heterocycles. The normalized spacial score (nSPS) is 37.7. The van der Waals surface area contributed by atoms with Crippen molar-refractivity contribution in [3.63, 3.8) is 0 Å². The van der Waals surface area contributed by atoms with E-state index in [1.165, 1.54) is 62.9 Å². The Hall–Kier alpha value is -1.81. The van der Waals surface area contributed by atoms with Gasteiger partial charge in [-0.3, -0.25) is 0 Å².